The second-order valence-electron chi connectivity index (χ2n) is 5.32. The predicted octanol–water partition coefficient (Wildman–Crippen LogP) is 1.04. The van der Waals surface area contributed by atoms with Gasteiger partial charge in [0, 0.05) is 12.5 Å². The zero-order chi connectivity index (χ0) is 14.8. The molecule has 1 amide bonds. The van der Waals surface area contributed by atoms with Gasteiger partial charge in [0.15, 0.2) is 5.84 Å². The van der Waals surface area contributed by atoms with Crippen molar-refractivity contribution in [3.63, 3.8) is 0 Å². The van der Waals surface area contributed by atoms with Gasteiger partial charge in [-0.2, -0.15) is 0 Å². The summed E-state index contributed by atoms with van der Waals surface area (Å²) in [6, 6.07) is -0.507. The lowest BCUT2D eigenvalue weighted by atomic mass is 9.91. The maximum absolute atomic E-state index is 12.4. The lowest BCUT2D eigenvalue weighted by Crippen LogP contribution is -2.44. The fourth-order valence-electron chi connectivity index (χ4n) is 1.44. The molecule has 106 valence electrons. The third-order valence-electron chi connectivity index (χ3n) is 2.84. The highest BCUT2D eigenvalue weighted by Gasteiger charge is 2.30. The van der Waals surface area contributed by atoms with Gasteiger partial charge in [-0.3, -0.25) is 4.79 Å². The van der Waals surface area contributed by atoms with Crippen LogP contribution in [0.1, 0.15) is 43.1 Å². The van der Waals surface area contributed by atoms with E-state index in [9.17, 15) is 4.79 Å². The topological polar surface area (TPSA) is 105 Å². The molecule has 0 saturated heterocycles. The molecule has 1 aromatic heterocycles. The lowest BCUT2D eigenvalue weighted by molar-refractivity contribution is 0.0778. The molecule has 1 heterocycles. The number of amides is 1. The van der Waals surface area contributed by atoms with Gasteiger partial charge in [0.25, 0.3) is 5.91 Å². The maximum Gasteiger partial charge on any atom is 0.267 e. The molecular weight excluding hydrogens is 266 g/mol. The molecule has 0 saturated carbocycles. The van der Waals surface area contributed by atoms with E-state index in [2.05, 4.69) is 14.7 Å². The van der Waals surface area contributed by atoms with E-state index in [0.717, 1.165) is 11.5 Å². The SMILES string of the molecule is CC(C(N)=NO)N(C)C(=O)c1snnc1C(C)(C)C. The summed E-state index contributed by atoms with van der Waals surface area (Å²) in [5, 5.41) is 15.6. The average Bonchev–Trinajstić information content (AvgIpc) is 2.84. The molecule has 0 aliphatic rings. The molecule has 0 radical (unpaired) electrons. The quantitative estimate of drug-likeness (QED) is 0.374. The molecule has 1 rings (SSSR count). The average molecular weight is 285 g/mol. The van der Waals surface area contributed by atoms with Crippen molar-refractivity contribution in [3.8, 4) is 0 Å². The standard InChI is InChI=1S/C11H19N5O2S/c1-6(9(12)14-18)16(5)10(17)7-8(11(2,3)4)13-15-19-7/h6,18H,1-5H3,(H2,12,14). The first-order valence-corrected chi connectivity index (χ1v) is 6.55. The molecule has 0 spiro atoms. The van der Waals surface area contributed by atoms with Crippen LogP contribution < -0.4 is 5.73 Å². The van der Waals surface area contributed by atoms with Crippen LogP contribution in [0.3, 0.4) is 0 Å². The van der Waals surface area contributed by atoms with Crippen LogP contribution in [0.2, 0.25) is 0 Å². The summed E-state index contributed by atoms with van der Waals surface area (Å²) in [5.74, 6) is -0.260. The molecule has 0 aromatic carbocycles. The van der Waals surface area contributed by atoms with Crippen LogP contribution in [0.15, 0.2) is 5.16 Å². The maximum atomic E-state index is 12.4. The largest absolute Gasteiger partial charge is 0.409 e. The molecule has 1 atom stereocenters. The van der Waals surface area contributed by atoms with Gasteiger partial charge in [-0.1, -0.05) is 30.4 Å². The fourth-order valence-corrected chi connectivity index (χ4v) is 2.30. The van der Waals surface area contributed by atoms with Crippen molar-refractivity contribution in [2.75, 3.05) is 7.05 Å². The van der Waals surface area contributed by atoms with Crippen LogP contribution in [-0.4, -0.2) is 44.5 Å². The zero-order valence-corrected chi connectivity index (χ0v) is 12.5. The molecule has 1 aromatic rings. The van der Waals surface area contributed by atoms with Crippen molar-refractivity contribution in [1.29, 1.82) is 0 Å². The second kappa shape index (κ2) is 5.52. The Balaban J connectivity index is 3.05. The Morgan fingerprint density at radius 1 is 1.53 bits per heavy atom. The first-order chi connectivity index (χ1) is 8.70. The van der Waals surface area contributed by atoms with E-state index >= 15 is 0 Å². The summed E-state index contributed by atoms with van der Waals surface area (Å²) in [7, 11) is 1.59. The zero-order valence-electron chi connectivity index (χ0n) is 11.7. The van der Waals surface area contributed by atoms with Gasteiger partial charge in [-0.25, -0.2) is 0 Å². The molecular formula is C11H19N5O2S. The highest BCUT2D eigenvalue weighted by Crippen LogP contribution is 2.26. The van der Waals surface area contributed by atoms with Crippen LogP contribution >= 0.6 is 11.5 Å². The molecule has 0 fully saturated rings. The summed E-state index contributed by atoms with van der Waals surface area (Å²) < 4.78 is 3.85. The Morgan fingerprint density at radius 3 is 2.58 bits per heavy atom. The number of hydrogen-bond donors (Lipinski definition) is 2. The van der Waals surface area contributed by atoms with Crippen molar-refractivity contribution in [2.45, 2.75) is 39.2 Å². The number of nitrogens with two attached hydrogens (primary N) is 1. The van der Waals surface area contributed by atoms with Gasteiger partial charge >= 0.3 is 0 Å². The molecule has 7 nitrogen and oxygen atoms in total. The number of carbonyl (C=O) groups excluding carboxylic acids is 1. The van der Waals surface area contributed by atoms with E-state index in [1.165, 1.54) is 4.90 Å². The van der Waals surface area contributed by atoms with Crippen LogP contribution in [0.4, 0.5) is 0 Å². The number of likely N-dealkylation sites (N-methyl/N-ethyl adjacent to an activating group) is 1. The second-order valence-corrected chi connectivity index (χ2v) is 6.07. The summed E-state index contributed by atoms with van der Waals surface area (Å²) in [6.07, 6.45) is 0. The van der Waals surface area contributed by atoms with E-state index in [4.69, 9.17) is 10.9 Å². The minimum Gasteiger partial charge on any atom is -0.409 e. The Bertz CT molecular complexity index is 492. The van der Waals surface area contributed by atoms with Gasteiger partial charge in [0.05, 0.1) is 11.7 Å². The minimum absolute atomic E-state index is 0.0226. The van der Waals surface area contributed by atoms with E-state index < -0.39 is 6.04 Å². The van der Waals surface area contributed by atoms with Crippen LogP contribution in [0.25, 0.3) is 0 Å². The van der Waals surface area contributed by atoms with Gasteiger partial charge < -0.3 is 15.8 Å². The van der Waals surface area contributed by atoms with E-state index in [0.29, 0.717) is 10.6 Å². The highest BCUT2D eigenvalue weighted by atomic mass is 32.1. The number of oxime groups is 1. The molecule has 3 N–H and O–H groups in total. The van der Waals surface area contributed by atoms with Gasteiger partial charge in [0.2, 0.25) is 0 Å². The van der Waals surface area contributed by atoms with E-state index in [-0.39, 0.29) is 17.2 Å². The van der Waals surface area contributed by atoms with Gasteiger partial charge in [-0.05, 0) is 18.5 Å². The first kappa shape index (κ1) is 15.4. The lowest BCUT2D eigenvalue weighted by Gasteiger charge is -2.24. The van der Waals surface area contributed by atoms with Crippen molar-refractivity contribution >= 4 is 23.3 Å². The Labute approximate surface area is 116 Å². The van der Waals surface area contributed by atoms with Crippen LogP contribution in [0.5, 0.6) is 0 Å². The number of aromatic nitrogens is 2. The fraction of sp³-hybridized carbons (Fsp3) is 0.636. The molecule has 0 aliphatic heterocycles. The molecule has 19 heavy (non-hydrogen) atoms. The molecule has 0 aliphatic carbocycles. The summed E-state index contributed by atoms with van der Waals surface area (Å²) in [5.41, 5.74) is 5.90. The Hall–Kier alpha value is -1.70. The smallest absolute Gasteiger partial charge is 0.267 e. The van der Waals surface area contributed by atoms with Crippen molar-refractivity contribution < 1.29 is 10.0 Å². The third-order valence-corrected chi connectivity index (χ3v) is 3.55. The predicted molar refractivity (Wildman–Crippen MR) is 73.6 cm³/mol. The first-order valence-electron chi connectivity index (χ1n) is 5.77. The minimum atomic E-state index is -0.507. The van der Waals surface area contributed by atoms with Gasteiger partial charge in [-0.15, -0.1) is 5.10 Å². The number of carbonyl (C=O) groups is 1. The van der Waals surface area contributed by atoms with Crippen molar-refractivity contribution in [2.24, 2.45) is 10.9 Å². The van der Waals surface area contributed by atoms with Crippen molar-refractivity contribution in [3.05, 3.63) is 10.6 Å². The van der Waals surface area contributed by atoms with Crippen LogP contribution in [0, 0.1) is 0 Å². The summed E-state index contributed by atoms with van der Waals surface area (Å²) >= 11 is 1.05. The number of rotatable bonds is 3. The number of nitrogens with zero attached hydrogens (tertiary/aromatic N) is 4. The number of hydrogen-bond acceptors (Lipinski definition) is 6. The highest BCUT2D eigenvalue weighted by molar-refractivity contribution is 7.08. The summed E-state index contributed by atoms with van der Waals surface area (Å²) in [6.45, 7) is 7.58. The normalized spacial score (nSPS) is 14.3. The molecule has 8 heteroatoms. The molecule has 0 bridgehead atoms. The van der Waals surface area contributed by atoms with Crippen molar-refractivity contribution in [1.82, 2.24) is 14.5 Å². The third kappa shape index (κ3) is 3.19. The Morgan fingerprint density at radius 2 is 2.11 bits per heavy atom. The Kier molecular flexibility index (Phi) is 4.46. The van der Waals surface area contributed by atoms with Gasteiger partial charge in [0.1, 0.15) is 4.88 Å². The number of amidine groups is 1. The molecule has 1 unspecified atom stereocenters. The summed E-state index contributed by atoms with van der Waals surface area (Å²) in [4.78, 5) is 14.3. The monoisotopic (exact) mass is 285 g/mol. The van der Waals surface area contributed by atoms with Crippen LogP contribution in [-0.2, 0) is 5.41 Å². The van der Waals surface area contributed by atoms with E-state index in [1.54, 1.807) is 14.0 Å². The van der Waals surface area contributed by atoms with E-state index in [1.807, 2.05) is 20.8 Å².